The molecule has 5 nitrogen and oxygen atoms in total. The summed E-state index contributed by atoms with van der Waals surface area (Å²) in [7, 11) is 0. The van der Waals surface area contributed by atoms with E-state index in [9.17, 15) is 9.90 Å². The Hall–Kier alpha value is -1.36. The number of aromatic nitrogens is 1. The fourth-order valence-electron chi connectivity index (χ4n) is 3.46. The molecule has 1 aromatic rings. The normalized spacial score (nSPS) is 23.8. The highest BCUT2D eigenvalue weighted by molar-refractivity contribution is 5.77. The van der Waals surface area contributed by atoms with Crippen LogP contribution in [0.25, 0.3) is 0 Å². The van der Waals surface area contributed by atoms with Crippen LogP contribution in [0.5, 0.6) is 0 Å². The van der Waals surface area contributed by atoms with E-state index in [1.807, 2.05) is 20.8 Å². The highest BCUT2D eigenvalue weighted by Gasteiger charge is 2.27. The topological polar surface area (TPSA) is 75.4 Å². The van der Waals surface area contributed by atoms with Crippen LogP contribution in [0, 0.1) is 19.8 Å². The van der Waals surface area contributed by atoms with Crippen LogP contribution in [0.3, 0.4) is 0 Å². The van der Waals surface area contributed by atoms with Gasteiger partial charge in [-0.05, 0) is 32.6 Å². The maximum atomic E-state index is 12.3. The number of amides is 1. The Balaban J connectivity index is 1.92. The van der Waals surface area contributed by atoms with Gasteiger partial charge in [0, 0.05) is 30.6 Å². The van der Waals surface area contributed by atoms with Crippen molar-refractivity contribution < 1.29 is 14.4 Å². The predicted molar refractivity (Wildman–Crippen MR) is 80.0 cm³/mol. The zero-order valence-corrected chi connectivity index (χ0v) is 13.2. The van der Waals surface area contributed by atoms with Crippen LogP contribution >= 0.6 is 0 Å². The monoisotopic (exact) mass is 294 g/mol. The lowest BCUT2D eigenvalue weighted by Crippen LogP contribution is -2.43. The number of nitrogens with one attached hydrogen (secondary N) is 1. The van der Waals surface area contributed by atoms with E-state index in [2.05, 4.69) is 10.5 Å². The van der Waals surface area contributed by atoms with Gasteiger partial charge < -0.3 is 14.9 Å². The van der Waals surface area contributed by atoms with E-state index in [0.29, 0.717) is 6.42 Å². The number of hydrogen-bond donors (Lipinski definition) is 2. The van der Waals surface area contributed by atoms with Crippen LogP contribution in [-0.4, -0.2) is 28.8 Å². The first-order chi connectivity index (χ1) is 10.0. The predicted octanol–water partition coefficient (Wildman–Crippen LogP) is 2.45. The van der Waals surface area contributed by atoms with Crippen LogP contribution in [-0.2, 0) is 4.79 Å². The summed E-state index contributed by atoms with van der Waals surface area (Å²) in [5.74, 6) is 1.14. The average Bonchev–Trinajstić information content (AvgIpc) is 2.78. The van der Waals surface area contributed by atoms with Gasteiger partial charge in [-0.3, -0.25) is 4.79 Å². The second-order valence-corrected chi connectivity index (χ2v) is 6.24. The van der Waals surface area contributed by atoms with Crippen molar-refractivity contribution in [3.63, 3.8) is 0 Å². The van der Waals surface area contributed by atoms with Crippen molar-refractivity contribution in [3.8, 4) is 0 Å². The molecule has 2 N–H and O–H groups in total. The number of aliphatic hydroxyl groups excluding tert-OH is 1. The molecular formula is C16H26N2O3. The summed E-state index contributed by atoms with van der Waals surface area (Å²) in [6.07, 6.45) is 4.67. The minimum Gasteiger partial charge on any atom is -0.396 e. The van der Waals surface area contributed by atoms with E-state index in [0.717, 1.165) is 42.7 Å². The molecular weight excluding hydrogens is 268 g/mol. The molecule has 5 heteroatoms. The van der Waals surface area contributed by atoms with Gasteiger partial charge in [0.1, 0.15) is 5.76 Å². The Labute approximate surface area is 126 Å². The van der Waals surface area contributed by atoms with E-state index in [4.69, 9.17) is 4.52 Å². The molecule has 3 atom stereocenters. The van der Waals surface area contributed by atoms with Crippen molar-refractivity contribution in [2.24, 2.45) is 5.92 Å². The Morgan fingerprint density at radius 3 is 2.76 bits per heavy atom. The van der Waals surface area contributed by atoms with Crippen molar-refractivity contribution >= 4 is 5.91 Å². The largest absolute Gasteiger partial charge is 0.396 e. The molecule has 0 saturated heterocycles. The molecule has 3 unspecified atom stereocenters. The summed E-state index contributed by atoms with van der Waals surface area (Å²) in [6, 6.07) is 0.119. The molecule has 0 bridgehead atoms. The van der Waals surface area contributed by atoms with Gasteiger partial charge in [-0.15, -0.1) is 0 Å². The van der Waals surface area contributed by atoms with Crippen LogP contribution in [0.15, 0.2) is 4.52 Å². The number of aryl methyl sites for hydroxylation is 2. The second-order valence-electron chi connectivity index (χ2n) is 6.24. The van der Waals surface area contributed by atoms with Gasteiger partial charge >= 0.3 is 0 Å². The van der Waals surface area contributed by atoms with E-state index in [-0.39, 0.29) is 30.4 Å². The van der Waals surface area contributed by atoms with Gasteiger partial charge in [0.2, 0.25) is 5.91 Å². The van der Waals surface area contributed by atoms with Gasteiger partial charge in [0.25, 0.3) is 0 Å². The molecule has 1 amide bonds. The Morgan fingerprint density at radius 2 is 2.14 bits per heavy atom. The second kappa shape index (κ2) is 7.07. The van der Waals surface area contributed by atoms with Crippen molar-refractivity contribution in [2.75, 3.05) is 6.61 Å². The van der Waals surface area contributed by atoms with Crippen molar-refractivity contribution in [1.29, 1.82) is 0 Å². The molecule has 1 saturated carbocycles. The SMILES string of the molecule is Cc1noc(C)c1C(C)CC(=O)NC1CCCCC1CO. The maximum Gasteiger partial charge on any atom is 0.220 e. The van der Waals surface area contributed by atoms with Crippen LogP contribution < -0.4 is 5.32 Å². The maximum absolute atomic E-state index is 12.3. The average molecular weight is 294 g/mol. The first kappa shape index (κ1) is 16.0. The standard InChI is InChI=1S/C16H26N2O3/c1-10(16-11(2)18-21-12(16)3)8-15(20)17-14-7-5-4-6-13(14)9-19/h10,13-14,19H,4-9H2,1-3H3,(H,17,20). The molecule has 118 valence electrons. The summed E-state index contributed by atoms with van der Waals surface area (Å²) in [5.41, 5.74) is 1.89. The molecule has 0 aliphatic heterocycles. The summed E-state index contributed by atoms with van der Waals surface area (Å²) in [4.78, 5) is 12.3. The minimum atomic E-state index is 0.0489. The molecule has 1 aliphatic rings. The highest BCUT2D eigenvalue weighted by atomic mass is 16.5. The number of nitrogens with zero attached hydrogens (tertiary/aromatic N) is 1. The summed E-state index contributed by atoms with van der Waals surface area (Å²) >= 11 is 0. The van der Waals surface area contributed by atoms with Gasteiger partial charge in [0.05, 0.1) is 5.69 Å². The lowest BCUT2D eigenvalue weighted by Gasteiger charge is -2.31. The molecule has 0 radical (unpaired) electrons. The quantitative estimate of drug-likeness (QED) is 0.874. The summed E-state index contributed by atoms with van der Waals surface area (Å²) in [6.45, 7) is 5.97. The Bertz CT molecular complexity index is 464. The van der Waals surface area contributed by atoms with Gasteiger partial charge in [0.15, 0.2) is 0 Å². The Morgan fingerprint density at radius 1 is 1.43 bits per heavy atom. The third-order valence-electron chi connectivity index (χ3n) is 4.56. The molecule has 1 heterocycles. The summed E-state index contributed by atoms with van der Waals surface area (Å²) < 4.78 is 5.17. The third kappa shape index (κ3) is 3.84. The molecule has 0 spiro atoms. The number of rotatable bonds is 5. The zero-order chi connectivity index (χ0) is 15.4. The molecule has 21 heavy (non-hydrogen) atoms. The first-order valence-corrected chi connectivity index (χ1v) is 7.86. The van der Waals surface area contributed by atoms with E-state index >= 15 is 0 Å². The Kier molecular flexibility index (Phi) is 5.39. The van der Waals surface area contributed by atoms with Crippen LogP contribution in [0.2, 0.25) is 0 Å². The summed E-state index contributed by atoms with van der Waals surface area (Å²) in [5, 5.41) is 16.5. The van der Waals surface area contributed by atoms with Gasteiger partial charge in [-0.2, -0.15) is 0 Å². The van der Waals surface area contributed by atoms with Crippen molar-refractivity contribution in [1.82, 2.24) is 10.5 Å². The molecule has 0 aromatic carbocycles. The minimum absolute atomic E-state index is 0.0489. The van der Waals surface area contributed by atoms with Gasteiger partial charge in [-0.25, -0.2) is 0 Å². The zero-order valence-electron chi connectivity index (χ0n) is 13.2. The fourth-order valence-corrected chi connectivity index (χ4v) is 3.46. The molecule has 1 fully saturated rings. The van der Waals surface area contributed by atoms with E-state index < -0.39 is 0 Å². The fraction of sp³-hybridized carbons (Fsp3) is 0.750. The van der Waals surface area contributed by atoms with Crippen molar-refractivity contribution in [2.45, 2.75) is 64.8 Å². The molecule has 1 aliphatic carbocycles. The van der Waals surface area contributed by atoms with Crippen LogP contribution in [0.4, 0.5) is 0 Å². The van der Waals surface area contributed by atoms with Crippen molar-refractivity contribution in [3.05, 3.63) is 17.0 Å². The number of carbonyl (C=O) groups excluding carboxylic acids is 1. The lowest BCUT2D eigenvalue weighted by molar-refractivity contribution is -0.122. The number of aliphatic hydroxyl groups is 1. The number of carbonyl (C=O) groups is 1. The van der Waals surface area contributed by atoms with E-state index in [1.165, 1.54) is 0 Å². The van der Waals surface area contributed by atoms with Gasteiger partial charge in [-0.1, -0.05) is 24.9 Å². The number of hydrogen-bond acceptors (Lipinski definition) is 4. The highest BCUT2D eigenvalue weighted by Crippen LogP contribution is 2.27. The molecule has 2 rings (SSSR count). The van der Waals surface area contributed by atoms with E-state index in [1.54, 1.807) is 0 Å². The smallest absolute Gasteiger partial charge is 0.220 e. The first-order valence-electron chi connectivity index (χ1n) is 7.86. The molecule has 1 aromatic heterocycles. The third-order valence-corrected chi connectivity index (χ3v) is 4.56. The lowest BCUT2D eigenvalue weighted by atomic mass is 9.84. The van der Waals surface area contributed by atoms with Crippen LogP contribution in [0.1, 0.15) is 62.0 Å².